The highest BCUT2D eigenvalue weighted by molar-refractivity contribution is 5.91. The molecule has 1 N–H and O–H groups in total. The number of benzene rings is 1. The smallest absolute Gasteiger partial charge is 0.348 e. The van der Waals surface area contributed by atoms with Crippen LogP contribution in [0.5, 0.6) is 0 Å². The van der Waals surface area contributed by atoms with Crippen molar-refractivity contribution in [2.24, 2.45) is 5.92 Å². The van der Waals surface area contributed by atoms with Gasteiger partial charge in [0.2, 0.25) is 5.91 Å². The quantitative estimate of drug-likeness (QED) is 0.665. The molecule has 1 aliphatic heterocycles. The summed E-state index contributed by atoms with van der Waals surface area (Å²) < 4.78 is 49.9. The number of alkyl halides is 3. The first kappa shape index (κ1) is 19.0. The number of nitrogens with one attached hydrogen (secondary N) is 1. The summed E-state index contributed by atoms with van der Waals surface area (Å²) in [6.07, 6.45) is -1.21. The predicted octanol–water partition coefficient (Wildman–Crippen LogP) is 2.76. The van der Waals surface area contributed by atoms with Gasteiger partial charge < -0.3 is 10.2 Å². The van der Waals surface area contributed by atoms with Crippen LogP contribution in [0.25, 0.3) is 6.08 Å². The van der Waals surface area contributed by atoms with Crippen molar-refractivity contribution in [3.05, 3.63) is 41.7 Å². The molecule has 1 aromatic rings. The van der Waals surface area contributed by atoms with Crippen molar-refractivity contribution >= 4 is 17.9 Å². The minimum absolute atomic E-state index is 0.0640. The topological polar surface area (TPSA) is 49.4 Å². The van der Waals surface area contributed by atoms with Gasteiger partial charge in [-0.3, -0.25) is 9.59 Å². The van der Waals surface area contributed by atoms with Gasteiger partial charge in [-0.25, -0.2) is 4.39 Å². The van der Waals surface area contributed by atoms with Crippen LogP contribution in [0.3, 0.4) is 0 Å². The summed E-state index contributed by atoms with van der Waals surface area (Å²) in [4.78, 5) is 24.4. The van der Waals surface area contributed by atoms with Crippen molar-refractivity contribution in [1.29, 1.82) is 0 Å². The fraction of sp³-hybridized carbons (Fsp3) is 0.412. The maximum Gasteiger partial charge on any atom is 0.471 e. The van der Waals surface area contributed by atoms with E-state index < -0.39 is 17.9 Å². The molecule has 0 radical (unpaired) electrons. The Bertz CT molecular complexity index is 650. The molecule has 2 amide bonds. The number of amides is 2. The molecule has 1 aromatic carbocycles. The minimum Gasteiger partial charge on any atom is -0.348 e. The number of nitrogens with zero attached hydrogens (tertiary/aromatic N) is 1. The van der Waals surface area contributed by atoms with Gasteiger partial charge in [0.15, 0.2) is 0 Å². The number of hydrogen-bond acceptors (Lipinski definition) is 2. The van der Waals surface area contributed by atoms with Gasteiger partial charge in [-0.15, -0.1) is 0 Å². The van der Waals surface area contributed by atoms with Gasteiger partial charge in [0.05, 0.1) is 0 Å². The molecule has 0 aromatic heterocycles. The average molecular weight is 358 g/mol. The van der Waals surface area contributed by atoms with Crippen LogP contribution in [-0.4, -0.2) is 42.5 Å². The molecule has 1 heterocycles. The van der Waals surface area contributed by atoms with Crippen LogP contribution in [0.2, 0.25) is 0 Å². The molecule has 4 nitrogen and oxygen atoms in total. The first-order valence-corrected chi connectivity index (χ1v) is 7.84. The summed E-state index contributed by atoms with van der Waals surface area (Å²) in [7, 11) is 0. The molecule has 25 heavy (non-hydrogen) atoms. The second-order valence-corrected chi connectivity index (χ2v) is 5.83. The Labute approximate surface area is 142 Å². The number of halogens is 4. The zero-order valence-corrected chi connectivity index (χ0v) is 13.4. The number of piperidine rings is 1. The summed E-state index contributed by atoms with van der Waals surface area (Å²) in [5.74, 6) is -2.75. The lowest BCUT2D eigenvalue weighted by molar-refractivity contribution is -0.173. The lowest BCUT2D eigenvalue weighted by Gasteiger charge is -2.31. The highest BCUT2D eigenvalue weighted by Gasteiger charge is 2.38. The molecule has 0 unspecified atom stereocenters. The van der Waals surface area contributed by atoms with E-state index in [2.05, 4.69) is 0 Å². The van der Waals surface area contributed by atoms with Gasteiger partial charge in [-0.05, 0) is 30.9 Å². The summed E-state index contributed by atoms with van der Waals surface area (Å²) >= 11 is 0. The molecule has 1 saturated heterocycles. The third-order valence-corrected chi connectivity index (χ3v) is 4.05. The van der Waals surface area contributed by atoms with Gasteiger partial charge in [0, 0.05) is 31.3 Å². The Morgan fingerprint density at radius 1 is 1.20 bits per heavy atom. The summed E-state index contributed by atoms with van der Waals surface area (Å²) in [6.45, 7) is 0.700. The van der Waals surface area contributed by atoms with Crippen LogP contribution in [0, 0.1) is 11.7 Å². The maximum atomic E-state index is 13.5. The van der Waals surface area contributed by atoms with E-state index in [4.69, 9.17) is 0 Å². The van der Waals surface area contributed by atoms with Gasteiger partial charge in [-0.1, -0.05) is 18.2 Å². The Hall–Kier alpha value is -2.38. The van der Waals surface area contributed by atoms with Crippen molar-refractivity contribution < 1.29 is 27.2 Å². The molecule has 8 heteroatoms. The Kier molecular flexibility index (Phi) is 6.17. The van der Waals surface area contributed by atoms with Gasteiger partial charge in [-0.2, -0.15) is 13.2 Å². The van der Waals surface area contributed by atoms with Crippen LogP contribution < -0.4 is 5.32 Å². The number of hydrogen-bond donors (Lipinski definition) is 1. The highest BCUT2D eigenvalue weighted by Crippen LogP contribution is 2.19. The molecule has 2 rings (SSSR count). The van der Waals surface area contributed by atoms with Gasteiger partial charge in [0.1, 0.15) is 5.82 Å². The first-order valence-electron chi connectivity index (χ1n) is 7.84. The molecule has 0 spiro atoms. The van der Waals surface area contributed by atoms with Crippen molar-refractivity contribution in [2.45, 2.75) is 19.0 Å². The second kappa shape index (κ2) is 8.13. The average Bonchev–Trinajstić information content (AvgIpc) is 2.58. The van der Waals surface area contributed by atoms with Crippen molar-refractivity contribution in [2.75, 3.05) is 19.6 Å². The summed E-state index contributed by atoms with van der Waals surface area (Å²) in [6, 6.07) is 6.06. The fourth-order valence-corrected chi connectivity index (χ4v) is 2.57. The summed E-state index contributed by atoms with van der Waals surface area (Å²) in [5.41, 5.74) is 0.306. The normalized spacial score (nSPS) is 16.2. The minimum atomic E-state index is -4.88. The van der Waals surface area contributed by atoms with E-state index in [1.807, 2.05) is 5.32 Å². The third kappa shape index (κ3) is 5.58. The van der Waals surface area contributed by atoms with Crippen LogP contribution in [0.4, 0.5) is 17.6 Å². The molecule has 0 aliphatic carbocycles. The number of rotatable bonds is 4. The third-order valence-electron chi connectivity index (χ3n) is 4.05. The molecule has 1 fully saturated rings. The van der Waals surface area contributed by atoms with Gasteiger partial charge >= 0.3 is 12.1 Å². The molecule has 136 valence electrons. The number of carbonyl (C=O) groups is 2. The van der Waals surface area contributed by atoms with E-state index in [-0.39, 0.29) is 18.4 Å². The van der Waals surface area contributed by atoms with Crippen molar-refractivity contribution in [3.63, 3.8) is 0 Å². The fourth-order valence-electron chi connectivity index (χ4n) is 2.57. The lowest BCUT2D eigenvalue weighted by Crippen LogP contribution is -2.43. The Morgan fingerprint density at radius 2 is 1.84 bits per heavy atom. The monoisotopic (exact) mass is 358 g/mol. The standard InChI is InChI=1S/C17H18F4N2O2/c18-14-4-2-1-3-13(14)5-6-15(24)23-9-7-12(8-10-23)11-22-16(25)17(19,20)21/h1-6,12H,7-11H2,(H,22,25)/b6-5+. The van der Waals surface area contributed by atoms with Crippen LogP contribution in [0.1, 0.15) is 18.4 Å². The van der Waals surface area contributed by atoms with Crippen LogP contribution in [0.15, 0.2) is 30.3 Å². The van der Waals surface area contributed by atoms with Crippen molar-refractivity contribution in [1.82, 2.24) is 10.2 Å². The molecular formula is C17H18F4N2O2. The van der Waals surface area contributed by atoms with E-state index in [1.165, 1.54) is 18.2 Å². The Morgan fingerprint density at radius 3 is 2.44 bits per heavy atom. The maximum absolute atomic E-state index is 13.5. The highest BCUT2D eigenvalue weighted by atomic mass is 19.4. The zero-order valence-electron chi connectivity index (χ0n) is 13.4. The SMILES string of the molecule is O=C(/C=C/c1ccccc1F)N1CCC(CNC(=O)C(F)(F)F)CC1. The van der Waals surface area contributed by atoms with E-state index in [9.17, 15) is 27.2 Å². The molecule has 0 saturated carbocycles. The predicted molar refractivity (Wildman–Crippen MR) is 83.8 cm³/mol. The van der Waals surface area contributed by atoms with E-state index in [1.54, 1.807) is 23.1 Å². The van der Waals surface area contributed by atoms with Gasteiger partial charge in [0.25, 0.3) is 0 Å². The second-order valence-electron chi connectivity index (χ2n) is 5.83. The molecule has 0 atom stereocenters. The lowest BCUT2D eigenvalue weighted by atomic mass is 9.96. The van der Waals surface area contributed by atoms with Crippen LogP contribution >= 0.6 is 0 Å². The number of likely N-dealkylation sites (tertiary alicyclic amines) is 1. The zero-order chi connectivity index (χ0) is 18.4. The van der Waals surface area contributed by atoms with Crippen molar-refractivity contribution in [3.8, 4) is 0 Å². The van der Waals surface area contributed by atoms with E-state index >= 15 is 0 Å². The van der Waals surface area contributed by atoms with E-state index in [0.717, 1.165) is 0 Å². The number of carbonyl (C=O) groups excluding carboxylic acids is 2. The van der Waals surface area contributed by atoms with Crippen LogP contribution in [-0.2, 0) is 9.59 Å². The largest absolute Gasteiger partial charge is 0.471 e. The molecule has 1 aliphatic rings. The first-order chi connectivity index (χ1) is 11.8. The summed E-state index contributed by atoms with van der Waals surface area (Å²) in [5, 5.41) is 1.87. The van der Waals surface area contributed by atoms with E-state index in [0.29, 0.717) is 31.5 Å². The molecule has 0 bridgehead atoms. The molecular weight excluding hydrogens is 340 g/mol. The Balaban J connectivity index is 1.79.